The van der Waals surface area contributed by atoms with Gasteiger partial charge in [0.25, 0.3) is 0 Å². The Kier molecular flexibility index (Phi) is 5.62. The van der Waals surface area contributed by atoms with Crippen molar-refractivity contribution < 1.29 is 65.4 Å². The minimum Gasteiger partial charge on any atom is -0.183 e. The first-order valence-electron chi connectivity index (χ1n) is 9.09. The van der Waals surface area contributed by atoms with E-state index in [0.29, 0.717) is 0 Å². The van der Waals surface area contributed by atoms with Crippen molar-refractivity contribution in [3.8, 4) is 11.1 Å². The van der Waals surface area contributed by atoms with Crippen molar-refractivity contribution in [2.45, 2.75) is 11.8 Å². The van der Waals surface area contributed by atoms with Gasteiger partial charge in [-0.15, -0.1) is 22.3 Å². The van der Waals surface area contributed by atoms with E-state index in [1.54, 1.807) is 0 Å². The molecule has 0 aliphatic heterocycles. The average Bonchev–Trinajstić information content (AvgIpc) is 3.00. The molecule has 0 unspecified atom stereocenters. The molecular formula is C26H16Y2-2. The summed E-state index contributed by atoms with van der Waals surface area (Å²) in [5.74, 6) is 0. The normalized spacial score (nSPS) is 14.0. The summed E-state index contributed by atoms with van der Waals surface area (Å²) < 4.78 is 0. The number of hydrogen-bond donors (Lipinski definition) is 0. The van der Waals surface area contributed by atoms with E-state index in [0.717, 1.165) is 6.42 Å². The van der Waals surface area contributed by atoms with Crippen LogP contribution < -0.4 is 0 Å². The molecule has 2 radical (unpaired) electrons. The van der Waals surface area contributed by atoms with E-state index < -0.39 is 0 Å². The van der Waals surface area contributed by atoms with Crippen LogP contribution in [0.25, 0.3) is 11.1 Å². The van der Waals surface area contributed by atoms with Gasteiger partial charge >= 0.3 is 0 Å². The third-order valence-corrected chi connectivity index (χ3v) is 6.05. The molecular weight excluding hydrogens is 490 g/mol. The quantitative estimate of drug-likeness (QED) is 0.237. The third kappa shape index (κ3) is 2.58. The summed E-state index contributed by atoms with van der Waals surface area (Å²) in [6.07, 6.45) is 0.992. The number of benzene rings is 4. The summed E-state index contributed by atoms with van der Waals surface area (Å²) in [5, 5.41) is 0. The van der Waals surface area contributed by atoms with Crippen LogP contribution in [-0.2, 0) is 77.3 Å². The molecule has 0 bridgehead atoms. The van der Waals surface area contributed by atoms with E-state index in [2.05, 4.69) is 84.9 Å². The monoisotopic (exact) mass is 506 g/mol. The molecule has 0 heterocycles. The molecule has 2 aliphatic carbocycles. The summed E-state index contributed by atoms with van der Waals surface area (Å²) >= 11 is 0. The van der Waals surface area contributed by atoms with Crippen molar-refractivity contribution in [1.82, 2.24) is 0 Å². The molecule has 4 aromatic rings. The van der Waals surface area contributed by atoms with Gasteiger partial charge in [0.1, 0.15) is 0 Å². The van der Waals surface area contributed by atoms with Crippen LogP contribution in [0.1, 0.15) is 33.4 Å². The largest absolute Gasteiger partial charge is 0.183 e. The second-order valence-corrected chi connectivity index (χ2v) is 7.18. The Morgan fingerprint density at radius 1 is 0.571 bits per heavy atom. The molecule has 6 rings (SSSR count). The predicted molar refractivity (Wildman–Crippen MR) is 104 cm³/mol. The van der Waals surface area contributed by atoms with Crippen LogP contribution in [0, 0.1) is 12.1 Å². The number of rotatable bonds is 0. The van der Waals surface area contributed by atoms with Crippen LogP contribution in [0.15, 0.2) is 84.9 Å². The van der Waals surface area contributed by atoms with Crippen LogP contribution >= 0.6 is 0 Å². The fraction of sp³-hybridized carbons (Fsp3) is 0.0769. The van der Waals surface area contributed by atoms with E-state index in [1.807, 2.05) is 12.1 Å². The molecule has 2 heteroatoms. The second-order valence-electron chi connectivity index (χ2n) is 7.18. The predicted octanol–water partition coefficient (Wildman–Crippen LogP) is 5.55. The molecule has 0 nitrogen and oxygen atoms in total. The van der Waals surface area contributed by atoms with E-state index in [4.69, 9.17) is 0 Å². The van der Waals surface area contributed by atoms with Gasteiger partial charge in [-0.2, -0.15) is 48.5 Å². The fourth-order valence-electron chi connectivity index (χ4n) is 5.11. The molecule has 28 heavy (non-hydrogen) atoms. The first-order chi connectivity index (χ1) is 12.9. The maximum Gasteiger partial charge on any atom is 0 e. The van der Waals surface area contributed by atoms with Gasteiger partial charge in [0.15, 0.2) is 0 Å². The Labute approximate surface area is 216 Å². The standard InChI is InChI=1S/C26H16.2Y/c1-5-13-22-18(9-1)17-19-10-2-6-14-23(19)26(22)24-15-7-3-11-20(24)21-12-4-8-16-25(21)26;;/h1-6,9-16H,17H2;;/q-2;;. The minimum atomic E-state index is -0.258. The Bertz CT molecular complexity index is 1080. The van der Waals surface area contributed by atoms with Crippen molar-refractivity contribution in [2.24, 2.45) is 0 Å². The van der Waals surface area contributed by atoms with Gasteiger partial charge in [-0.1, -0.05) is 48.5 Å². The molecule has 0 N–H and O–H groups in total. The van der Waals surface area contributed by atoms with Crippen LogP contribution in [-0.4, -0.2) is 0 Å². The molecule has 0 aromatic heterocycles. The number of hydrogen-bond acceptors (Lipinski definition) is 0. The molecule has 0 atom stereocenters. The maximum absolute atomic E-state index is 3.35. The SMILES string of the molecule is [Y].[Y].[c-]1ccc2c(c1)C1(c3ccccc3Cc3ccccc31)c1c[c-]ccc1-2. The van der Waals surface area contributed by atoms with Gasteiger partial charge in [0.05, 0.1) is 0 Å². The van der Waals surface area contributed by atoms with Crippen molar-refractivity contribution in [3.05, 3.63) is 130 Å². The summed E-state index contributed by atoms with van der Waals surface area (Å²) in [7, 11) is 0. The zero-order valence-corrected chi connectivity index (χ0v) is 21.1. The van der Waals surface area contributed by atoms with Crippen molar-refractivity contribution in [3.63, 3.8) is 0 Å². The molecule has 0 saturated carbocycles. The van der Waals surface area contributed by atoms with Crippen molar-refractivity contribution >= 4 is 0 Å². The smallest absolute Gasteiger partial charge is 0 e. The van der Waals surface area contributed by atoms with Gasteiger partial charge in [-0.3, -0.25) is 0 Å². The van der Waals surface area contributed by atoms with Crippen LogP contribution in [0.5, 0.6) is 0 Å². The summed E-state index contributed by atoms with van der Waals surface area (Å²) in [5.41, 5.74) is 10.7. The summed E-state index contributed by atoms with van der Waals surface area (Å²) in [6.45, 7) is 0. The molecule has 0 saturated heterocycles. The topological polar surface area (TPSA) is 0 Å². The molecule has 2 aliphatic rings. The van der Waals surface area contributed by atoms with Crippen molar-refractivity contribution in [2.75, 3.05) is 0 Å². The second kappa shape index (κ2) is 7.73. The van der Waals surface area contributed by atoms with Gasteiger partial charge in [0.2, 0.25) is 0 Å². The van der Waals surface area contributed by atoms with E-state index in [9.17, 15) is 0 Å². The maximum atomic E-state index is 3.35. The fourth-order valence-corrected chi connectivity index (χ4v) is 5.11. The first kappa shape index (κ1) is 20.4. The zero-order valence-electron chi connectivity index (χ0n) is 15.4. The average molecular weight is 506 g/mol. The Hall–Kier alpha value is -0.912. The molecule has 0 amide bonds. The van der Waals surface area contributed by atoms with Crippen LogP contribution in [0.3, 0.4) is 0 Å². The number of fused-ring (bicyclic) bond motifs is 9. The van der Waals surface area contributed by atoms with E-state index in [-0.39, 0.29) is 70.8 Å². The minimum absolute atomic E-state index is 0. The Balaban J connectivity index is 0.000000961. The molecule has 4 aromatic carbocycles. The van der Waals surface area contributed by atoms with E-state index >= 15 is 0 Å². The molecule has 0 fully saturated rings. The molecule has 128 valence electrons. The van der Waals surface area contributed by atoms with Crippen LogP contribution in [0.2, 0.25) is 0 Å². The van der Waals surface area contributed by atoms with Gasteiger partial charge in [-0.25, -0.2) is 0 Å². The van der Waals surface area contributed by atoms with Crippen LogP contribution in [0.4, 0.5) is 0 Å². The Morgan fingerprint density at radius 3 is 1.54 bits per heavy atom. The van der Waals surface area contributed by atoms with Gasteiger partial charge in [-0.05, 0) is 34.1 Å². The van der Waals surface area contributed by atoms with Gasteiger partial charge in [0, 0.05) is 65.4 Å². The first-order valence-corrected chi connectivity index (χ1v) is 9.09. The zero-order chi connectivity index (χ0) is 17.1. The van der Waals surface area contributed by atoms with Crippen molar-refractivity contribution in [1.29, 1.82) is 0 Å². The summed E-state index contributed by atoms with van der Waals surface area (Å²) in [4.78, 5) is 0. The summed E-state index contributed by atoms with van der Waals surface area (Å²) in [6, 6.07) is 37.4. The molecule has 1 spiro atoms. The van der Waals surface area contributed by atoms with Gasteiger partial charge < -0.3 is 0 Å². The van der Waals surface area contributed by atoms with E-state index in [1.165, 1.54) is 44.5 Å². The third-order valence-electron chi connectivity index (χ3n) is 6.05. The Morgan fingerprint density at radius 2 is 1.04 bits per heavy atom.